The molecule has 0 aliphatic heterocycles. The molecule has 3 aliphatic carbocycles. The van der Waals surface area contributed by atoms with Crippen molar-refractivity contribution in [2.45, 2.75) is 77.0 Å². The SMILES string of the molecule is C=CCC1CCC(C2CCC(C3CC=C(c4ccccc4)CC3)CC2)CC1. The third kappa shape index (κ3) is 4.76. The Hall–Kier alpha value is -1.30. The van der Waals surface area contributed by atoms with Gasteiger partial charge in [-0.15, -0.1) is 6.58 Å². The standard InChI is InChI=1S/C27H38/c1-2-6-21-9-11-23(12-10-21)25-17-19-27(20-18-25)26-15-13-24(14-16-26)22-7-4-3-5-8-22/h2-5,7-8,13,21,23,25-27H,1,6,9-12,14-20H2. The molecule has 0 N–H and O–H groups in total. The fourth-order valence-corrected chi connectivity index (χ4v) is 6.42. The lowest BCUT2D eigenvalue weighted by atomic mass is 9.65. The van der Waals surface area contributed by atoms with Gasteiger partial charge in [-0.1, -0.05) is 42.5 Å². The molecule has 0 amide bonds. The molecule has 0 aromatic heterocycles. The smallest absolute Gasteiger partial charge is 0.0228 e. The van der Waals surface area contributed by atoms with Gasteiger partial charge in [-0.2, -0.15) is 0 Å². The number of hydrogen-bond donors (Lipinski definition) is 0. The van der Waals surface area contributed by atoms with E-state index in [1.165, 1.54) is 82.6 Å². The van der Waals surface area contributed by atoms with E-state index in [0.717, 1.165) is 29.6 Å². The van der Waals surface area contributed by atoms with Crippen LogP contribution in [0.5, 0.6) is 0 Å². The van der Waals surface area contributed by atoms with E-state index in [0.29, 0.717) is 0 Å². The van der Waals surface area contributed by atoms with Gasteiger partial charge >= 0.3 is 0 Å². The molecule has 0 saturated heterocycles. The van der Waals surface area contributed by atoms with Gasteiger partial charge in [0.1, 0.15) is 0 Å². The molecular formula is C27H38. The summed E-state index contributed by atoms with van der Waals surface area (Å²) >= 11 is 0. The molecule has 1 atom stereocenters. The second-order valence-electron chi connectivity index (χ2n) is 9.61. The van der Waals surface area contributed by atoms with Crippen LogP contribution in [0, 0.1) is 29.6 Å². The molecule has 0 radical (unpaired) electrons. The van der Waals surface area contributed by atoms with Gasteiger partial charge in [0.05, 0.1) is 0 Å². The zero-order chi connectivity index (χ0) is 18.5. The summed E-state index contributed by atoms with van der Waals surface area (Å²) in [6, 6.07) is 11.0. The summed E-state index contributed by atoms with van der Waals surface area (Å²) in [7, 11) is 0. The molecule has 0 nitrogen and oxygen atoms in total. The molecule has 146 valence electrons. The Labute approximate surface area is 167 Å². The zero-order valence-corrected chi connectivity index (χ0v) is 17.1. The molecule has 0 heterocycles. The van der Waals surface area contributed by atoms with Crippen LogP contribution in [0.15, 0.2) is 49.1 Å². The molecule has 0 bridgehead atoms. The van der Waals surface area contributed by atoms with Crippen LogP contribution in [0.25, 0.3) is 5.57 Å². The molecule has 2 saturated carbocycles. The van der Waals surface area contributed by atoms with Gasteiger partial charge in [0, 0.05) is 0 Å². The summed E-state index contributed by atoms with van der Waals surface area (Å²) < 4.78 is 0. The Balaban J connectivity index is 1.23. The first kappa shape index (κ1) is 19.0. The summed E-state index contributed by atoms with van der Waals surface area (Å²) in [6.45, 7) is 3.93. The van der Waals surface area contributed by atoms with Crippen molar-refractivity contribution in [1.82, 2.24) is 0 Å². The molecule has 1 unspecified atom stereocenters. The highest BCUT2D eigenvalue weighted by atomic mass is 14.4. The van der Waals surface area contributed by atoms with E-state index in [4.69, 9.17) is 0 Å². The minimum absolute atomic E-state index is 0.947. The van der Waals surface area contributed by atoms with Crippen LogP contribution >= 0.6 is 0 Å². The third-order valence-corrected chi connectivity index (χ3v) is 8.14. The first-order chi connectivity index (χ1) is 13.3. The first-order valence-corrected chi connectivity index (χ1v) is 11.7. The Morgan fingerprint density at radius 3 is 1.89 bits per heavy atom. The van der Waals surface area contributed by atoms with Crippen LogP contribution in [0.2, 0.25) is 0 Å². The maximum atomic E-state index is 3.93. The Morgan fingerprint density at radius 2 is 1.33 bits per heavy atom. The average molecular weight is 363 g/mol. The van der Waals surface area contributed by atoms with Gasteiger partial charge in [-0.3, -0.25) is 0 Å². The van der Waals surface area contributed by atoms with Gasteiger partial charge in [0.2, 0.25) is 0 Å². The largest absolute Gasteiger partial charge is 0.103 e. The molecule has 0 spiro atoms. The highest BCUT2D eigenvalue weighted by Crippen LogP contribution is 2.46. The third-order valence-electron chi connectivity index (χ3n) is 8.14. The van der Waals surface area contributed by atoms with Gasteiger partial charge < -0.3 is 0 Å². The highest BCUT2D eigenvalue weighted by Gasteiger charge is 2.33. The number of hydrogen-bond acceptors (Lipinski definition) is 0. The van der Waals surface area contributed by atoms with Crippen molar-refractivity contribution in [2.24, 2.45) is 29.6 Å². The van der Waals surface area contributed by atoms with E-state index in [1.54, 1.807) is 5.57 Å². The quantitative estimate of drug-likeness (QED) is 0.465. The summed E-state index contributed by atoms with van der Waals surface area (Å²) in [5, 5.41) is 0. The van der Waals surface area contributed by atoms with Crippen LogP contribution < -0.4 is 0 Å². The zero-order valence-electron chi connectivity index (χ0n) is 17.1. The molecule has 2 fully saturated rings. The first-order valence-electron chi connectivity index (χ1n) is 11.7. The number of rotatable bonds is 5. The monoisotopic (exact) mass is 362 g/mol. The normalized spacial score (nSPS) is 34.7. The molecule has 4 rings (SSSR count). The van der Waals surface area contributed by atoms with E-state index < -0.39 is 0 Å². The molecule has 1 aromatic rings. The minimum Gasteiger partial charge on any atom is -0.103 e. The minimum atomic E-state index is 0.947. The van der Waals surface area contributed by atoms with Crippen molar-refractivity contribution < 1.29 is 0 Å². The summed E-state index contributed by atoms with van der Waals surface area (Å²) in [4.78, 5) is 0. The van der Waals surface area contributed by atoms with Gasteiger partial charge in [0.25, 0.3) is 0 Å². The van der Waals surface area contributed by atoms with Gasteiger partial charge in [0.15, 0.2) is 0 Å². The summed E-state index contributed by atoms with van der Waals surface area (Å²) in [6.07, 6.45) is 22.0. The van der Waals surface area contributed by atoms with E-state index in [9.17, 15) is 0 Å². The highest BCUT2D eigenvalue weighted by molar-refractivity contribution is 5.66. The van der Waals surface area contributed by atoms with Crippen LogP contribution in [-0.2, 0) is 0 Å². The predicted molar refractivity (Wildman–Crippen MR) is 117 cm³/mol. The Kier molecular flexibility index (Phi) is 6.53. The van der Waals surface area contributed by atoms with Crippen molar-refractivity contribution in [3.8, 4) is 0 Å². The van der Waals surface area contributed by atoms with Crippen molar-refractivity contribution in [3.63, 3.8) is 0 Å². The van der Waals surface area contributed by atoms with Crippen molar-refractivity contribution >= 4 is 5.57 Å². The fraction of sp³-hybridized carbons (Fsp3) is 0.630. The molecule has 3 aliphatic rings. The summed E-state index contributed by atoms with van der Waals surface area (Å²) in [5.41, 5.74) is 3.04. The van der Waals surface area contributed by atoms with Crippen LogP contribution in [0.3, 0.4) is 0 Å². The van der Waals surface area contributed by atoms with E-state index in [2.05, 4.69) is 49.1 Å². The van der Waals surface area contributed by atoms with Crippen molar-refractivity contribution in [1.29, 1.82) is 0 Å². The second kappa shape index (κ2) is 9.26. The maximum Gasteiger partial charge on any atom is -0.0228 e. The Morgan fingerprint density at radius 1 is 0.741 bits per heavy atom. The fourth-order valence-electron chi connectivity index (χ4n) is 6.42. The van der Waals surface area contributed by atoms with Gasteiger partial charge in [-0.25, -0.2) is 0 Å². The lowest BCUT2D eigenvalue weighted by molar-refractivity contribution is 0.123. The molecular weight excluding hydrogens is 324 g/mol. The van der Waals surface area contributed by atoms with E-state index in [-0.39, 0.29) is 0 Å². The molecule has 0 heteroatoms. The second-order valence-corrected chi connectivity index (χ2v) is 9.61. The molecule has 27 heavy (non-hydrogen) atoms. The lowest BCUT2D eigenvalue weighted by Gasteiger charge is -2.40. The van der Waals surface area contributed by atoms with Crippen molar-refractivity contribution in [2.75, 3.05) is 0 Å². The van der Waals surface area contributed by atoms with Crippen molar-refractivity contribution in [3.05, 3.63) is 54.6 Å². The van der Waals surface area contributed by atoms with Crippen LogP contribution in [-0.4, -0.2) is 0 Å². The molecule has 1 aromatic carbocycles. The predicted octanol–water partition coefficient (Wildman–Crippen LogP) is 8.06. The van der Waals surface area contributed by atoms with E-state index >= 15 is 0 Å². The van der Waals surface area contributed by atoms with Gasteiger partial charge in [-0.05, 0) is 118 Å². The number of allylic oxidation sites excluding steroid dienone is 3. The van der Waals surface area contributed by atoms with E-state index in [1.807, 2.05) is 0 Å². The Bertz CT molecular complexity index is 609. The van der Waals surface area contributed by atoms with Crippen LogP contribution in [0.1, 0.15) is 82.6 Å². The average Bonchev–Trinajstić information content (AvgIpc) is 2.75. The maximum absolute atomic E-state index is 3.93. The topological polar surface area (TPSA) is 0 Å². The number of benzene rings is 1. The van der Waals surface area contributed by atoms with Crippen LogP contribution in [0.4, 0.5) is 0 Å². The lowest BCUT2D eigenvalue weighted by Crippen LogP contribution is -2.28. The summed E-state index contributed by atoms with van der Waals surface area (Å²) in [5.74, 6) is 5.00.